The fraction of sp³-hybridized carbons (Fsp3) is 0.682. The minimum atomic E-state index is -0.524. The highest BCUT2D eigenvalue weighted by atomic mass is 16.2. The van der Waals surface area contributed by atoms with Crippen molar-refractivity contribution < 1.29 is 24.0 Å². The smallest absolute Gasteiger partial charge is 0.240 e. The first-order valence-electron chi connectivity index (χ1n) is 10.8. The Morgan fingerprint density at radius 3 is 1.74 bits per heavy atom. The summed E-state index contributed by atoms with van der Waals surface area (Å²) in [7, 11) is 0. The maximum Gasteiger partial charge on any atom is 0.240 e. The minimum absolute atomic E-state index is 0.0347. The number of hydrogen-bond donors (Lipinski definition) is 2. The first-order valence-corrected chi connectivity index (χ1v) is 10.8. The molecule has 0 saturated carbocycles. The molecule has 2 rings (SSSR count). The lowest BCUT2D eigenvalue weighted by molar-refractivity contribution is -0.136. The van der Waals surface area contributed by atoms with Gasteiger partial charge in [0.15, 0.2) is 0 Å². The van der Waals surface area contributed by atoms with Gasteiger partial charge in [-0.25, -0.2) is 0 Å². The molecule has 174 valence electrons. The number of allylic oxidation sites excluding steroid dienone is 1. The molecule has 4 N–H and O–H groups in total. The van der Waals surface area contributed by atoms with Crippen molar-refractivity contribution in [3.05, 3.63) is 12.7 Å². The van der Waals surface area contributed by atoms with Crippen LogP contribution >= 0.6 is 0 Å². The summed E-state index contributed by atoms with van der Waals surface area (Å²) < 4.78 is 0. The summed E-state index contributed by atoms with van der Waals surface area (Å²) in [6, 6.07) is -0.961. The maximum absolute atomic E-state index is 11.7. The number of hydrogen-bond acceptors (Lipinski definition) is 5. The quantitative estimate of drug-likeness (QED) is 0.486. The van der Waals surface area contributed by atoms with Gasteiger partial charge in [-0.1, -0.05) is 19.9 Å². The average molecular weight is 437 g/mol. The number of primary amides is 2. The van der Waals surface area contributed by atoms with E-state index >= 15 is 0 Å². The van der Waals surface area contributed by atoms with Crippen molar-refractivity contribution >= 4 is 29.4 Å². The second-order valence-corrected chi connectivity index (χ2v) is 8.32. The van der Waals surface area contributed by atoms with Gasteiger partial charge in [0.1, 0.15) is 17.9 Å². The summed E-state index contributed by atoms with van der Waals surface area (Å²) in [5.41, 5.74) is 10.5. The standard InChI is InChI=1S/C11H18N2O3.C11H18N2O2/c1-3-9(11(12)16)13-6-8(4-7(2)14)5-10(13)15;1-3-5-8-6-10(14)13(7-8)9(4-2)11(12)15/h8-9H,3-6H2,1-2H3,(H2,12,16);3,8-9H,1,4-7H2,2H3,(H2,12,15)/t2*8-,9?/m11/s1. The fourth-order valence-electron chi connectivity index (χ4n) is 4.31. The van der Waals surface area contributed by atoms with Crippen molar-refractivity contribution in [2.75, 3.05) is 13.1 Å². The Labute approximate surface area is 184 Å². The van der Waals surface area contributed by atoms with Crippen LogP contribution in [0.4, 0.5) is 0 Å². The van der Waals surface area contributed by atoms with E-state index in [1.807, 2.05) is 19.9 Å². The van der Waals surface area contributed by atoms with Gasteiger partial charge >= 0.3 is 0 Å². The van der Waals surface area contributed by atoms with Crippen molar-refractivity contribution in [1.29, 1.82) is 0 Å². The Bertz CT molecular complexity index is 708. The lowest BCUT2D eigenvalue weighted by Gasteiger charge is -2.24. The van der Waals surface area contributed by atoms with Gasteiger partial charge < -0.3 is 26.1 Å². The molecule has 0 radical (unpaired) electrons. The molecule has 0 aromatic rings. The second kappa shape index (κ2) is 12.2. The molecule has 2 aliphatic rings. The molecule has 0 aliphatic carbocycles. The number of carbonyl (C=O) groups is 5. The topological polar surface area (TPSA) is 144 Å². The highest BCUT2D eigenvalue weighted by Crippen LogP contribution is 2.25. The van der Waals surface area contributed by atoms with E-state index in [9.17, 15) is 24.0 Å². The molecule has 0 bridgehead atoms. The highest BCUT2D eigenvalue weighted by Gasteiger charge is 2.36. The molecule has 2 fully saturated rings. The Kier molecular flexibility index (Phi) is 10.4. The molecule has 0 spiro atoms. The van der Waals surface area contributed by atoms with Crippen LogP contribution in [0.3, 0.4) is 0 Å². The predicted molar refractivity (Wildman–Crippen MR) is 116 cm³/mol. The van der Waals surface area contributed by atoms with Crippen LogP contribution < -0.4 is 11.5 Å². The fourth-order valence-corrected chi connectivity index (χ4v) is 4.31. The number of amides is 4. The van der Waals surface area contributed by atoms with E-state index in [2.05, 4.69) is 6.58 Å². The van der Waals surface area contributed by atoms with Crippen LogP contribution in [0.15, 0.2) is 12.7 Å². The first kappa shape index (κ1) is 26.3. The molecular formula is C22H36N4O5. The van der Waals surface area contributed by atoms with E-state index in [0.717, 1.165) is 6.42 Å². The lowest BCUT2D eigenvalue weighted by Crippen LogP contribution is -2.45. The van der Waals surface area contributed by atoms with Crippen LogP contribution in [0, 0.1) is 11.8 Å². The molecule has 2 heterocycles. The van der Waals surface area contributed by atoms with Gasteiger partial charge in [-0.2, -0.15) is 0 Å². The van der Waals surface area contributed by atoms with E-state index in [1.165, 1.54) is 11.8 Å². The van der Waals surface area contributed by atoms with Crippen LogP contribution in [-0.4, -0.2) is 64.4 Å². The van der Waals surface area contributed by atoms with Crippen molar-refractivity contribution in [2.45, 2.75) is 71.4 Å². The normalized spacial score (nSPS) is 22.5. The van der Waals surface area contributed by atoms with Crippen molar-refractivity contribution in [1.82, 2.24) is 9.80 Å². The SMILES string of the molecule is C=CC[C@@H]1CC(=O)N(C(CC)C(N)=O)C1.CCC(C(N)=O)N1C[C@H](CC(C)=O)CC1=O. The molecular weight excluding hydrogens is 400 g/mol. The molecule has 0 aromatic heterocycles. The van der Waals surface area contributed by atoms with Gasteiger partial charge in [-0.15, -0.1) is 6.58 Å². The zero-order chi connectivity index (χ0) is 23.7. The average Bonchev–Trinajstić information content (AvgIpc) is 3.19. The predicted octanol–water partition coefficient (Wildman–Crippen LogP) is 0.753. The highest BCUT2D eigenvalue weighted by molar-refractivity contribution is 5.89. The van der Waals surface area contributed by atoms with Crippen LogP contribution in [0.25, 0.3) is 0 Å². The number of Topliss-reactive ketones (excluding diaryl/α,β-unsaturated/α-hetero) is 1. The summed E-state index contributed by atoms with van der Waals surface area (Å²) in [5.74, 6) is -0.512. The summed E-state index contributed by atoms with van der Waals surface area (Å²) in [6.45, 7) is 9.95. The maximum atomic E-state index is 11.7. The second-order valence-electron chi connectivity index (χ2n) is 8.32. The number of nitrogens with two attached hydrogens (primary N) is 2. The van der Waals surface area contributed by atoms with Gasteiger partial charge in [0, 0.05) is 32.4 Å². The van der Waals surface area contributed by atoms with Crippen LogP contribution in [0.1, 0.15) is 59.3 Å². The van der Waals surface area contributed by atoms with E-state index < -0.39 is 23.9 Å². The van der Waals surface area contributed by atoms with Crippen molar-refractivity contribution in [3.8, 4) is 0 Å². The van der Waals surface area contributed by atoms with E-state index in [0.29, 0.717) is 51.1 Å². The third-order valence-corrected chi connectivity index (χ3v) is 5.74. The van der Waals surface area contributed by atoms with Gasteiger partial charge in [-0.3, -0.25) is 19.2 Å². The zero-order valence-electron chi connectivity index (χ0n) is 18.8. The summed E-state index contributed by atoms with van der Waals surface area (Å²) in [4.78, 5) is 59.7. The summed E-state index contributed by atoms with van der Waals surface area (Å²) in [6.07, 6.45) is 5.00. The summed E-state index contributed by atoms with van der Waals surface area (Å²) >= 11 is 0. The van der Waals surface area contributed by atoms with Crippen molar-refractivity contribution in [3.63, 3.8) is 0 Å². The van der Waals surface area contributed by atoms with Crippen molar-refractivity contribution in [2.24, 2.45) is 23.3 Å². The van der Waals surface area contributed by atoms with E-state index in [1.54, 1.807) is 4.90 Å². The number of ketones is 1. The van der Waals surface area contributed by atoms with E-state index in [4.69, 9.17) is 11.5 Å². The lowest BCUT2D eigenvalue weighted by atomic mass is 10.0. The third kappa shape index (κ3) is 7.48. The molecule has 2 saturated heterocycles. The Hall–Kier alpha value is -2.71. The Morgan fingerprint density at radius 2 is 1.39 bits per heavy atom. The number of nitrogens with zero attached hydrogens (tertiary/aromatic N) is 2. The van der Waals surface area contributed by atoms with Gasteiger partial charge in [-0.05, 0) is 38.0 Å². The van der Waals surface area contributed by atoms with Gasteiger partial charge in [0.25, 0.3) is 0 Å². The zero-order valence-corrected chi connectivity index (χ0v) is 18.8. The minimum Gasteiger partial charge on any atom is -0.368 e. The first-order chi connectivity index (χ1) is 14.5. The number of likely N-dealkylation sites (tertiary alicyclic amines) is 2. The molecule has 4 amide bonds. The van der Waals surface area contributed by atoms with Crippen LogP contribution in [0.5, 0.6) is 0 Å². The molecule has 31 heavy (non-hydrogen) atoms. The van der Waals surface area contributed by atoms with Crippen LogP contribution in [0.2, 0.25) is 0 Å². The molecule has 2 unspecified atom stereocenters. The monoisotopic (exact) mass is 436 g/mol. The third-order valence-electron chi connectivity index (χ3n) is 5.74. The van der Waals surface area contributed by atoms with Crippen LogP contribution in [-0.2, 0) is 24.0 Å². The molecule has 2 aliphatic heterocycles. The number of carbonyl (C=O) groups excluding carboxylic acids is 5. The summed E-state index contributed by atoms with van der Waals surface area (Å²) in [5, 5.41) is 0. The Morgan fingerprint density at radius 1 is 0.968 bits per heavy atom. The van der Waals surface area contributed by atoms with Gasteiger partial charge in [0.05, 0.1) is 0 Å². The molecule has 9 heteroatoms. The molecule has 4 atom stereocenters. The Balaban J connectivity index is 0.000000311. The molecule has 0 aromatic carbocycles. The van der Waals surface area contributed by atoms with Gasteiger partial charge in [0.2, 0.25) is 23.6 Å². The van der Waals surface area contributed by atoms with E-state index in [-0.39, 0.29) is 23.5 Å². The molecule has 9 nitrogen and oxygen atoms in total. The largest absolute Gasteiger partial charge is 0.368 e. The number of rotatable bonds is 10.